The molecule has 4 nitrogen and oxygen atoms in total. The molecule has 0 rings (SSSR count). The number of aliphatic hydroxyl groups is 1. The van der Waals surface area contributed by atoms with Crippen LogP contribution in [0, 0.1) is 0 Å². The minimum atomic E-state index is -3.89. The lowest BCUT2D eigenvalue weighted by atomic mass is 10.0. The summed E-state index contributed by atoms with van der Waals surface area (Å²) in [5.74, 6) is 0. The topological polar surface area (TPSA) is 74.6 Å². The van der Waals surface area contributed by atoms with Gasteiger partial charge in [-0.05, 0) is 19.3 Å². The van der Waals surface area contributed by atoms with E-state index in [-0.39, 0.29) is 0 Å². The van der Waals surface area contributed by atoms with Crippen LogP contribution in [0.5, 0.6) is 0 Å². The van der Waals surface area contributed by atoms with Gasteiger partial charge in [0.15, 0.2) is 0 Å². The largest absolute Gasteiger partial charge is 0.396 e. The first-order valence-corrected chi connectivity index (χ1v) is 13.6. The molecule has 0 saturated carbocycles. The molecular formula is C23H48O4S. The van der Waals surface area contributed by atoms with E-state index in [4.69, 9.17) is 5.11 Å². The molecule has 0 radical (unpaired) electrons. The molecule has 0 saturated heterocycles. The number of unbranched alkanes of at least 4 members (excludes halogenated alkanes) is 16. The molecule has 0 aliphatic heterocycles. The Hall–Kier alpha value is -0.130. The molecule has 2 N–H and O–H groups in total. The van der Waals surface area contributed by atoms with E-state index in [9.17, 15) is 13.0 Å². The zero-order valence-electron chi connectivity index (χ0n) is 18.5. The van der Waals surface area contributed by atoms with Gasteiger partial charge in [-0.1, -0.05) is 116 Å². The smallest absolute Gasteiger partial charge is 0.267 e. The quantitative estimate of drug-likeness (QED) is 0.145. The highest BCUT2D eigenvalue weighted by Crippen LogP contribution is 2.19. The van der Waals surface area contributed by atoms with Gasteiger partial charge in [-0.3, -0.25) is 4.55 Å². The molecule has 28 heavy (non-hydrogen) atoms. The van der Waals surface area contributed by atoms with Crippen molar-refractivity contribution in [3.05, 3.63) is 0 Å². The normalized spacial score (nSPS) is 13.1. The Kier molecular flexibility index (Phi) is 20.1. The Morgan fingerprint density at radius 3 is 1.21 bits per heavy atom. The molecule has 0 aromatic carbocycles. The van der Waals surface area contributed by atoms with Crippen LogP contribution in [0.4, 0.5) is 0 Å². The highest BCUT2D eigenvalue weighted by molar-refractivity contribution is 7.86. The molecule has 0 bridgehead atoms. The summed E-state index contributed by atoms with van der Waals surface area (Å²) in [4.78, 5) is 0. The fraction of sp³-hybridized carbons (Fsp3) is 1.00. The SMILES string of the molecule is CCCCCCCC(CCCCCCCCCCCCCCCO)S(=O)(=O)O. The van der Waals surface area contributed by atoms with E-state index < -0.39 is 15.4 Å². The van der Waals surface area contributed by atoms with Crippen LogP contribution < -0.4 is 0 Å². The van der Waals surface area contributed by atoms with Gasteiger partial charge >= 0.3 is 0 Å². The zero-order valence-corrected chi connectivity index (χ0v) is 19.4. The van der Waals surface area contributed by atoms with Crippen molar-refractivity contribution in [2.75, 3.05) is 6.61 Å². The average Bonchev–Trinajstić information content (AvgIpc) is 2.65. The lowest BCUT2D eigenvalue weighted by Crippen LogP contribution is -2.20. The molecule has 0 spiro atoms. The van der Waals surface area contributed by atoms with E-state index in [1.807, 2.05) is 0 Å². The molecule has 0 fully saturated rings. The second kappa shape index (κ2) is 20.2. The number of aliphatic hydroxyl groups excluding tert-OH is 1. The monoisotopic (exact) mass is 420 g/mol. The van der Waals surface area contributed by atoms with Gasteiger partial charge in [0.05, 0.1) is 5.25 Å². The van der Waals surface area contributed by atoms with Crippen molar-refractivity contribution < 1.29 is 18.1 Å². The third-order valence-corrected chi connectivity index (χ3v) is 7.05. The Bertz CT molecular complexity index is 409. The van der Waals surface area contributed by atoms with E-state index in [1.54, 1.807) is 0 Å². The first kappa shape index (κ1) is 27.9. The summed E-state index contributed by atoms with van der Waals surface area (Å²) >= 11 is 0. The minimum absolute atomic E-state index is 0.329. The van der Waals surface area contributed by atoms with Gasteiger partial charge < -0.3 is 5.11 Å². The Morgan fingerprint density at radius 2 is 0.893 bits per heavy atom. The lowest BCUT2D eigenvalue weighted by molar-refractivity contribution is 0.282. The van der Waals surface area contributed by atoms with Crippen LogP contribution in [0.2, 0.25) is 0 Å². The summed E-state index contributed by atoms with van der Waals surface area (Å²) in [6.45, 7) is 2.50. The molecule has 0 aliphatic carbocycles. The van der Waals surface area contributed by atoms with Crippen molar-refractivity contribution >= 4 is 10.1 Å². The van der Waals surface area contributed by atoms with Crippen LogP contribution in [0.25, 0.3) is 0 Å². The molecule has 0 amide bonds. The van der Waals surface area contributed by atoms with Gasteiger partial charge in [-0.2, -0.15) is 8.42 Å². The van der Waals surface area contributed by atoms with Gasteiger partial charge in [0.25, 0.3) is 10.1 Å². The molecule has 170 valence electrons. The second-order valence-corrected chi connectivity index (χ2v) is 10.1. The number of rotatable bonds is 22. The highest BCUT2D eigenvalue weighted by Gasteiger charge is 2.21. The van der Waals surface area contributed by atoms with E-state index >= 15 is 0 Å². The van der Waals surface area contributed by atoms with Crippen molar-refractivity contribution in [3.8, 4) is 0 Å². The lowest BCUT2D eigenvalue weighted by Gasteiger charge is -2.13. The summed E-state index contributed by atoms with van der Waals surface area (Å²) < 4.78 is 32.6. The minimum Gasteiger partial charge on any atom is -0.396 e. The van der Waals surface area contributed by atoms with Gasteiger partial charge in [-0.25, -0.2) is 0 Å². The predicted octanol–water partition coefficient (Wildman–Crippen LogP) is 7.06. The molecule has 5 heteroatoms. The van der Waals surface area contributed by atoms with E-state index in [0.717, 1.165) is 38.5 Å². The van der Waals surface area contributed by atoms with Crippen LogP contribution in [-0.4, -0.2) is 29.9 Å². The van der Waals surface area contributed by atoms with Crippen LogP contribution in [0.3, 0.4) is 0 Å². The second-order valence-electron chi connectivity index (χ2n) is 8.45. The highest BCUT2D eigenvalue weighted by atomic mass is 32.2. The first-order chi connectivity index (χ1) is 13.5. The predicted molar refractivity (Wildman–Crippen MR) is 120 cm³/mol. The fourth-order valence-electron chi connectivity index (χ4n) is 3.85. The van der Waals surface area contributed by atoms with Gasteiger partial charge in [-0.15, -0.1) is 0 Å². The van der Waals surface area contributed by atoms with Gasteiger partial charge in [0.1, 0.15) is 0 Å². The summed E-state index contributed by atoms with van der Waals surface area (Å²) in [6.07, 6.45) is 22.4. The maximum Gasteiger partial charge on any atom is 0.267 e. The van der Waals surface area contributed by atoms with E-state index in [2.05, 4.69) is 6.92 Å². The maximum atomic E-state index is 11.6. The van der Waals surface area contributed by atoms with Crippen molar-refractivity contribution in [2.24, 2.45) is 0 Å². The summed E-state index contributed by atoms with van der Waals surface area (Å²) in [7, 11) is -3.89. The van der Waals surface area contributed by atoms with Crippen LogP contribution in [0.1, 0.15) is 135 Å². The molecule has 1 unspecified atom stereocenters. The van der Waals surface area contributed by atoms with Crippen molar-refractivity contribution in [1.29, 1.82) is 0 Å². The Morgan fingerprint density at radius 1 is 0.571 bits per heavy atom. The standard InChI is InChI=1S/C23H48O4S/c1-2-3-4-14-17-20-23(28(25,26)27)21-18-15-12-10-8-6-5-7-9-11-13-16-19-22-24/h23-24H,2-22H2,1H3,(H,25,26,27). The summed E-state index contributed by atoms with van der Waals surface area (Å²) in [5.41, 5.74) is 0. The Balaban J connectivity index is 3.52. The maximum absolute atomic E-state index is 11.6. The van der Waals surface area contributed by atoms with Gasteiger partial charge in [0.2, 0.25) is 0 Å². The third-order valence-electron chi connectivity index (χ3n) is 5.74. The average molecular weight is 421 g/mol. The first-order valence-electron chi connectivity index (χ1n) is 12.1. The van der Waals surface area contributed by atoms with Crippen molar-refractivity contribution in [2.45, 2.75) is 141 Å². The summed E-state index contributed by atoms with van der Waals surface area (Å²) in [5, 5.41) is 8.18. The van der Waals surface area contributed by atoms with Crippen LogP contribution in [-0.2, 0) is 10.1 Å². The molecule has 0 aromatic rings. The molecule has 1 atom stereocenters. The van der Waals surface area contributed by atoms with E-state index in [1.165, 1.54) is 77.0 Å². The Labute approximate surface area is 175 Å². The van der Waals surface area contributed by atoms with Crippen LogP contribution in [0.15, 0.2) is 0 Å². The molecule has 0 aromatic heterocycles. The molecular weight excluding hydrogens is 372 g/mol. The van der Waals surface area contributed by atoms with Crippen LogP contribution >= 0.6 is 0 Å². The molecule has 0 aliphatic rings. The third kappa shape index (κ3) is 19.2. The van der Waals surface area contributed by atoms with Gasteiger partial charge in [0, 0.05) is 6.61 Å². The molecule has 0 heterocycles. The number of hydrogen-bond donors (Lipinski definition) is 2. The van der Waals surface area contributed by atoms with E-state index in [0.29, 0.717) is 19.4 Å². The number of hydrogen-bond acceptors (Lipinski definition) is 3. The zero-order chi connectivity index (χ0) is 20.9. The van der Waals surface area contributed by atoms with Crippen molar-refractivity contribution in [1.82, 2.24) is 0 Å². The van der Waals surface area contributed by atoms with Crippen molar-refractivity contribution in [3.63, 3.8) is 0 Å². The fourth-order valence-corrected chi connectivity index (χ4v) is 4.78. The summed E-state index contributed by atoms with van der Waals surface area (Å²) in [6, 6.07) is 0.